The summed E-state index contributed by atoms with van der Waals surface area (Å²) >= 11 is 0. The molecule has 3 aromatic rings. The average molecular weight is 450 g/mol. The van der Waals surface area contributed by atoms with Crippen LogP contribution in [-0.2, 0) is 13.0 Å². The van der Waals surface area contributed by atoms with Gasteiger partial charge in [0.25, 0.3) is 5.91 Å². The average Bonchev–Trinajstić information content (AvgIpc) is 2.84. The Morgan fingerprint density at radius 1 is 1.06 bits per heavy atom. The first-order valence-corrected chi connectivity index (χ1v) is 10.8. The maximum absolute atomic E-state index is 13.0. The van der Waals surface area contributed by atoms with Gasteiger partial charge in [0, 0.05) is 38.0 Å². The summed E-state index contributed by atoms with van der Waals surface area (Å²) in [4.78, 5) is 20.7. The van der Waals surface area contributed by atoms with E-state index in [0.717, 1.165) is 24.1 Å². The van der Waals surface area contributed by atoms with E-state index in [1.165, 1.54) is 12.1 Å². The predicted octanol–water partition coefficient (Wildman–Crippen LogP) is 3.67. The van der Waals surface area contributed by atoms with Gasteiger partial charge in [-0.25, -0.2) is 14.4 Å². The highest BCUT2D eigenvalue weighted by molar-refractivity contribution is 5.94. The minimum Gasteiger partial charge on any atom is -0.439 e. The molecule has 0 saturated heterocycles. The Kier molecular flexibility index (Phi) is 8.76. The second-order valence-electron chi connectivity index (χ2n) is 7.21. The van der Waals surface area contributed by atoms with Crippen LogP contribution in [0.5, 0.6) is 11.6 Å². The Balaban J connectivity index is 1.53. The van der Waals surface area contributed by atoms with Crippen molar-refractivity contribution in [3.8, 4) is 11.6 Å². The fourth-order valence-electron chi connectivity index (χ4n) is 3.04. The number of ether oxygens (including phenoxy) is 1. The van der Waals surface area contributed by atoms with Gasteiger partial charge in [0.1, 0.15) is 11.6 Å². The van der Waals surface area contributed by atoms with Gasteiger partial charge in [0.15, 0.2) is 5.96 Å². The molecule has 0 fully saturated rings. The number of pyridine rings is 1. The van der Waals surface area contributed by atoms with Gasteiger partial charge in [-0.1, -0.05) is 18.2 Å². The number of carbonyl (C=O) groups excluding carboxylic acids is 1. The van der Waals surface area contributed by atoms with Gasteiger partial charge in [0.05, 0.1) is 6.54 Å². The molecule has 0 unspecified atom stereocenters. The smallest absolute Gasteiger partial charge is 0.251 e. The Labute approximate surface area is 193 Å². The van der Waals surface area contributed by atoms with E-state index < -0.39 is 0 Å². The number of hydrogen-bond donors (Lipinski definition) is 3. The molecule has 0 atom stereocenters. The topological polar surface area (TPSA) is 87.6 Å². The van der Waals surface area contributed by atoms with Crippen molar-refractivity contribution in [2.45, 2.75) is 19.9 Å². The van der Waals surface area contributed by atoms with Crippen molar-refractivity contribution in [3.63, 3.8) is 0 Å². The maximum Gasteiger partial charge on any atom is 0.251 e. The monoisotopic (exact) mass is 449 g/mol. The van der Waals surface area contributed by atoms with E-state index in [9.17, 15) is 9.18 Å². The lowest BCUT2D eigenvalue weighted by Gasteiger charge is -2.12. The largest absolute Gasteiger partial charge is 0.439 e. The van der Waals surface area contributed by atoms with Crippen molar-refractivity contribution in [3.05, 3.63) is 89.4 Å². The summed E-state index contributed by atoms with van der Waals surface area (Å²) in [5.41, 5.74) is 2.65. The van der Waals surface area contributed by atoms with Gasteiger partial charge in [-0.15, -0.1) is 0 Å². The highest BCUT2D eigenvalue weighted by Gasteiger charge is 2.05. The number of halogens is 1. The lowest BCUT2D eigenvalue weighted by atomic mass is 10.1. The van der Waals surface area contributed by atoms with Gasteiger partial charge in [-0.3, -0.25) is 4.79 Å². The SMILES string of the molecule is CCNC(=NCc1ccc(Oc2ccc(F)cc2)nc1)NCCc1cccc(C(=O)NC)c1. The van der Waals surface area contributed by atoms with Crippen LogP contribution in [0.3, 0.4) is 0 Å². The minimum absolute atomic E-state index is 0.0950. The molecule has 33 heavy (non-hydrogen) atoms. The van der Waals surface area contributed by atoms with Crippen molar-refractivity contribution < 1.29 is 13.9 Å². The van der Waals surface area contributed by atoms with Gasteiger partial charge in [-0.2, -0.15) is 0 Å². The third-order valence-electron chi connectivity index (χ3n) is 4.72. The predicted molar refractivity (Wildman–Crippen MR) is 127 cm³/mol. The normalized spacial score (nSPS) is 11.1. The van der Waals surface area contributed by atoms with E-state index in [1.54, 1.807) is 37.5 Å². The van der Waals surface area contributed by atoms with Gasteiger partial charge < -0.3 is 20.7 Å². The Morgan fingerprint density at radius 3 is 2.58 bits per heavy atom. The summed E-state index contributed by atoms with van der Waals surface area (Å²) in [7, 11) is 1.62. The molecule has 1 aromatic heterocycles. The van der Waals surface area contributed by atoms with E-state index in [4.69, 9.17) is 4.74 Å². The summed E-state index contributed by atoms with van der Waals surface area (Å²) in [5.74, 6) is 1.24. The molecule has 0 aliphatic carbocycles. The van der Waals surface area contributed by atoms with E-state index in [2.05, 4.69) is 25.9 Å². The number of hydrogen-bond acceptors (Lipinski definition) is 4. The Bertz CT molecular complexity index is 1070. The van der Waals surface area contributed by atoms with Crippen molar-refractivity contribution >= 4 is 11.9 Å². The summed E-state index contributed by atoms with van der Waals surface area (Å²) in [6.07, 6.45) is 2.46. The number of benzene rings is 2. The molecule has 7 nitrogen and oxygen atoms in total. The van der Waals surface area contributed by atoms with Crippen LogP contribution in [0.15, 0.2) is 71.9 Å². The number of guanidine groups is 1. The zero-order chi connectivity index (χ0) is 23.5. The molecule has 0 radical (unpaired) electrons. The summed E-state index contributed by atoms with van der Waals surface area (Å²) in [5, 5.41) is 9.18. The van der Waals surface area contributed by atoms with Crippen LogP contribution >= 0.6 is 0 Å². The number of nitrogens with zero attached hydrogens (tertiary/aromatic N) is 2. The molecule has 0 bridgehead atoms. The molecule has 0 aliphatic heterocycles. The van der Waals surface area contributed by atoms with E-state index in [1.807, 2.05) is 31.2 Å². The highest BCUT2D eigenvalue weighted by Crippen LogP contribution is 2.19. The van der Waals surface area contributed by atoms with Crippen molar-refractivity contribution in [2.24, 2.45) is 4.99 Å². The fourth-order valence-corrected chi connectivity index (χ4v) is 3.04. The Morgan fingerprint density at radius 2 is 1.88 bits per heavy atom. The van der Waals surface area contributed by atoms with E-state index in [-0.39, 0.29) is 11.7 Å². The minimum atomic E-state index is -0.314. The number of aliphatic imine (C=N–C) groups is 1. The Hall–Kier alpha value is -3.94. The standard InChI is InChI=1S/C25H28FN5O2/c1-3-28-25(29-14-13-18-5-4-6-20(15-18)24(32)27-2)31-17-19-7-12-23(30-16-19)33-22-10-8-21(26)9-11-22/h4-12,15-16H,3,13-14,17H2,1-2H3,(H,27,32)(H2,28,29,31). The summed E-state index contributed by atoms with van der Waals surface area (Å²) in [6, 6.07) is 17.0. The van der Waals surface area contributed by atoms with Gasteiger partial charge in [-0.05, 0) is 60.9 Å². The first kappa shape index (κ1) is 23.7. The zero-order valence-electron chi connectivity index (χ0n) is 18.8. The van der Waals surface area contributed by atoms with Crippen molar-refractivity contribution in [2.75, 3.05) is 20.1 Å². The molecule has 1 heterocycles. The number of amides is 1. The fraction of sp³-hybridized carbons (Fsp3) is 0.240. The third kappa shape index (κ3) is 7.60. The molecule has 8 heteroatoms. The van der Waals surface area contributed by atoms with Crippen LogP contribution in [0.2, 0.25) is 0 Å². The first-order valence-electron chi connectivity index (χ1n) is 10.8. The van der Waals surface area contributed by atoms with Crippen molar-refractivity contribution in [1.82, 2.24) is 20.9 Å². The maximum atomic E-state index is 13.0. The second-order valence-corrected chi connectivity index (χ2v) is 7.21. The summed E-state index contributed by atoms with van der Waals surface area (Å²) in [6.45, 7) is 3.87. The van der Waals surface area contributed by atoms with Crippen LogP contribution in [0.25, 0.3) is 0 Å². The molecule has 0 spiro atoms. The molecule has 1 amide bonds. The molecular weight excluding hydrogens is 421 g/mol. The van der Waals surface area contributed by atoms with E-state index >= 15 is 0 Å². The second kappa shape index (κ2) is 12.2. The zero-order valence-corrected chi connectivity index (χ0v) is 18.8. The van der Waals surface area contributed by atoms with Crippen molar-refractivity contribution in [1.29, 1.82) is 0 Å². The molecule has 172 valence electrons. The molecular formula is C25H28FN5O2. The molecule has 3 rings (SSSR count). The first-order chi connectivity index (χ1) is 16.1. The molecule has 3 N–H and O–H groups in total. The van der Waals surface area contributed by atoms with Gasteiger partial charge >= 0.3 is 0 Å². The lowest BCUT2D eigenvalue weighted by molar-refractivity contribution is 0.0963. The van der Waals surface area contributed by atoms with Gasteiger partial charge in [0.2, 0.25) is 5.88 Å². The molecule has 0 aliphatic rings. The summed E-state index contributed by atoms with van der Waals surface area (Å²) < 4.78 is 18.6. The van der Waals surface area contributed by atoms with Crippen LogP contribution < -0.4 is 20.7 Å². The lowest BCUT2D eigenvalue weighted by Crippen LogP contribution is -2.38. The highest BCUT2D eigenvalue weighted by atomic mass is 19.1. The van der Waals surface area contributed by atoms with Crippen LogP contribution in [0.1, 0.15) is 28.4 Å². The van der Waals surface area contributed by atoms with Crippen LogP contribution in [0, 0.1) is 5.82 Å². The third-order valence-corrected chi connectivity index (χ3v) is 4.72. The van der Waals surface area contributed by atoms with Crippen LogP contribution in [-0.4, -0.2) is 37.0 Å². The molecule has 0 saturated carbocycles. The van der Waals surface area contributed by atoms with Crippen LogP contribution in [0.4, 0.5) is 4.39 Å². The quantitative estimate of drug-likeness (QED) is 0.343. The number of rotatable bonds is 9. The number of aromatic nitrogens is 1. The number of carbonyl (C=O) groups is 1. The number of nitrogens with one attached hydrogen (secondary N) is 3. The van der Waals surface area contributed by atoms with E-state index in [0.29, 0.717) is 36.2 Å². The molecule has 2 aromatic carbocycles.